The van der Waals surface area contributed by atoms with Crippen LogP contribution in [-0.4, -0.2) is 19.5 Å². The first-order valence-electron chi connectivity index (χ1n) is 6.24. The third-order valence-electron chi connectivity index (χ3n) is 2.89. The van der Waals surface area contributed by atoms with Crippen molar-refractivity contribution in [3.8, 4) is 17.6 Å². The van der Waals surface area contributed by atoms with Gasteiger partial charge in [-0.25, -0.2) is 4.39 Å². The van der Waals surface area contributed by atoms with Crippen molar-refractivity contribution in [3.05, 3.63) is 58.4 Å². The zero-order chi connectivity index (χ0) is 16.1. The largest absolute Gasteiger partial charge is 0.494 e. The number of carbonyl (C=O) groups is 1. The fourth-order valence-corrected chi connectivity index (χ4v) is 1.99. The Hall–Kier alpha value is -2.58. The quantitative estimate of drug-likeness (QED) is 0.790. The lowest BCUT2D eigenvalue weighted by Crippen LogP contribution is -2.12. The average Bonchev–Trinajstić information content (AvgIpc) is 2.53. The van der Waals surface area contributed by atoms with E-state index in [-0.39, 0.29) is 28.7 Å². The predicted octanol–water partition coefficient (Wildman–Crippen LogP) is 3.62. The normalized spacial score (nSPS) is 9.91. The van der Waals surface area contributed by atoms with Gasteiger partial charge in [-0.05, 0) is 36.4 Å². The van der Waals surface area contributed by atoms with Gasteiger partial charge in [-0.15, -0.1) is 0 Å². The van der Waals surface area contributed by atoms with Crippen molar-refractivity contribution in [3.63, 3.8) is 0 Å². The molecule has 0 saturated carbocycles. The van der Waals surface area contributed by atoms with Gasteiger partial charge in [-0.2, -0.15) is 5.26 Å². The van der Waals surface area contributed by atoms with E-state index >= 15 is 0 Å². The molecule has 0 amide bonds. The Labute approximate surface area is 131 Å². The number of nitrogens with zero attached hydrogens (tertiary/aromatic N) is 1. The van der Waals surface area contributed by atoms with Gasteiger partial charge in [0.15, 0.2) is 24.0 Å². The Kier molecular flexibility index (Phi) is 4.97. The van der Waals surface area contributed by atoms with Crippen LogP contribution in [0.5, 0.6) is 11.5 Å². The van der Waals surface area contributed by atoms with Gasteiger partial charge >= 0.3 is 0 Å². The second-order valence-corrected chi connectivity index (χ2v) is 4.73. The second kappa shape index (κ2) is 6.92. The SMILES string of the molecule is COc1ccc(C(=O)COc2ccc(C#N)cc2Cl)cc1F. The molecule has 112 valence electrons. The van der Waals surface area contributed by atoms with Crippen LogP contribution in [0.25, 0.3) is 0 Å². The van der Waals surface area contributed by atoms with E-state index in [9.17, 15) is 9.18 Å². The highest BCUT2D eigenvalue weighted by molar-refractivity contribution is 6.32. The third kappa shape index (κ3) is 3.54. The number of carbonyl (C=O) groups excluding carboxylic acids is 1. The number of nitriles is 1. The molecule has 2 aromatic carbocycles. The van der Waals surface area contributed by atoms with Crippen molar-refractivity contribution in [2.45, 2.75) is 0 Å². The number of hydrogen-bond acceptors (Lipinski definition) is 4. The van der Waals surface area contributed by atoms with Crippen molar-refractivity contribution in [2.24, 2.45) is 0 Å². The molecule has 0 aliphatic rings. The Morgan fingerprint density at radius 1 is 1.27 bits per heavy atom. The number of ketones is 1. The van der Waals surface area contributed by atoms with Crippen LogP contribution in [-0.2, 0) is 0 Å². The molecule has 0 spiro atoms. The van der Waals surface area contributed by atoms with Crippen LogP contribution in [0.15, 0.2) is 36.4 Å². The molecule has 6 heteroatoms. The van der Waals surface area contributed by atoms with Gasteiger partial charge in [0, 0.05) is 5.56 Å². The number of halogens is 2. The molecular formula is C16H11ClFNO3. The maximum absolute atomic E-state index is 13.6. The minimum Gasteiger partial charge on any atom is -0.494 e. The Morgan fingerprint density at radius 3 is 2.59 bits per heavy atom. The van der Waals surface area contributed by atoms with E-state index in [0.717, 1.165) is 6.07 Å². The van der Waals surface area contributed by atoms with Crippen LogP contribution in [0.2, 0.25) is 5.02 Å². The second-order valence-electron chi connectivity index (χ2n) is 4.32. The van der Waals surface area contributed by atoms with Crippen molar-refractivity contribution >= 4 is 17.4 Å². The van der Waals surface area contributed by atoms with E-state index in [1.807, 2.05) is 6.07 Å². The van der Waals surface area contributed by atoms with E-state index in [0.29, 0.717) is 5.56 Å². The summed E-state index contributed by atoms with van der Waals surface area (Å²) in [4.78, 5) is 12.0. The molecule has 2 rings (SSSR count). The standard InChI is InChI=1S/C16H11ClFNO3/c1-21-16-5-3-11(7-13(16)18)14(20)9-22-15-4-2-10(8-19)6-12(15)17/h2-7H,9H2,1H3. The molecule has 0 radical (unpaired) electrons. The van der Waals surface area contributed by atoms with Crippen molar-refractivity contribution in [2.75, 3.05) is 13.7 Å². The first-order chi connectivity index (χ1) is 10.5. The summed E-state index contributed by atoms with van der Waals surface area (Å²) in [6.45, 7) is -0.294. The third-order valence-corrected chi connectivity index (χ3v) is 3.19. The minimum absolute atomic E-state index is 0.0626. The summed E-state index contributed by atoms with van der Waals surface area (Å²) < 4.78 is 23.6. The summed E-state index contributed by atoms with van der Waals surface area (Å²) in [5, 5.41) is 8.97. The van der Waals surface area contributed by atoms with Crippen LogP contribution >= 0.6 is 11.6 Å². The maximum Gasteiger partial charge on any atom is 0.200 e. The maximum atomic E-state index is 13.6. The first-order valence-corrected chi connectivity index (χ1v) is 6.62. The van der Waals surface area contributed by atoms with E-state index in [2.05, 4.69) is 0 Å². The van der Waals surface area contributed by atoms with Gasteiger partial charge in [-0.1, -0.05) is 11.6 Å². The van der Waals surface area contributed by atoms with E-state index in [1.165, 1.54) is 37.4 Å². The number of benzene rings is 2. The van der Waals surface area contributed by atoms with Gasteiger partial charge < -0.3 is 9.47 Å². The summed E-state index contributed by atoms with van der Waals surface area (Å²) >= 11 is 5.94. The summed E-state index contributed by atoms with van der Waals surface area (Å²) in [5.41, 5.74) is 0.559. The van der Waals surface area contributed by atoms with Gasteiger partial charge in [-0.3, -0.25) is 4.79 Å². The van der Waals surface area contributed by atoms with Gasteiger partial charge in [0.1, 0.15) is 5.75 Å². The molecule has 0 atom stereocenters. The molecule has 0 heterocycles. The van der Waals surface area contributed by atoms with E-state index < -0.39 is 11.6 Å². The minimum atomic E-state index is -0.621. The van der Waals surface area contributed by atoms with Crippen molar-refractivity contribution in [1.29, 1.82) is 5.26 Å². The molecule has 4 nitrogen and oxygen atoms in total. The lowest BCUT2D eigenvalue weighted by molar-refractivity contribution is 0.0921. The summed E-state index contributed by atoms with van der Waals surface area (Å²) in [6.07, 6.45) is 0. The smallest absolute Gasteiger partial charge is 0.200 e. The van der Waals surface area contributed by atoms with E-state index in [1.54, 1.807) is 0 Å². The fourth-order valence-electron chi connectivity index (χ4n) is 1.75. The van der Waals surface area contributed by atoms with E-state index in [4.69, 9.17) is 26.3 Å². The molecule has 0 aliphatic heterocycles. The van der Waals surface area contributed by atoms with Gasteiger partial charge in [0.2, 0.25) is 0 Å². The lowest BCUT2D eigenvalue weighted by atomic mass is 10.1. The summed E-state index contributed by atoms with van der Waals surface area (Å²) in [6, 6.07) is 10.3. The zero-order valence-electron chi connectivity index (χ0n) is 11.6. The predicted molar refractivity (Wildman–Crippen MR) is 78.9 cm³/mol. The molecule has 0 saturated heterocycles. The molecule has 0 bridgehead atoms. The number of rotatable bonds is 5. The molecule has 0 N–H and O–H groups in total. The van der Waals surface area contributed by atoms with Crippen molar-refractivity contribution in [1.82, 2.24) is 0 Å². The Balaban J connectivity index is 2.07. The number of Topliss-reactive ketones (excluding diaryl/α,β-unsaturated/α-hetero) is 1. The van der Waals surface area contributed by atoms with Crippen LogP contribution in [0.4, 0.5) is 4.39 Å². The molecule has 22 heavy (non-hydrogen) atoms. The lowest BCUT2D eigenvalue weighted by Gasteiger charge is -2.08. The van der Waals surface area contributed by atoms with Gasteiger partial charge in [0.05, 0.1) is 23.8 Å². The van der Waals surface area contributed by atoms with Gasteiger partial charge in [0.25, 0.3) is 0 Å². The fraction of sp³-hybridized carbons (Fsp3) is 0.125. The Morgan fingerprint density at radius 2 is 2.00 bits per heavy atom. The average molecular weight is 320 g/mol. The number of hydrogen-bond donors (Lipinski definition) is 0. The molecule has 2 aromatic rings. The molecule has 0 aromatic heterocycles. The number of ether oxygens (including phenoxy) is 2. The molecule has 0 unspecified atom stereocenters. The monoisotopic (exact) mass is 319 g/mol. The highest BCUT2D eigenvalue weighted by atomic mass is 35.5. The highest BCUT2D eigenvalue weighted by Gasteiger charge is 2.12. The van der Waals surface area contributed by atoms with Crippen LogP contribution in [0.1, 0.15) is 15.9 Å². The highest BCUT2D eigenvalue weighted by Crippen LogP contribution is 2.25. The number of methoxy groups -OCH3 is 1. The molecule has 0 aliphatic carbocycles. The first kappa shape index (κ1) is 15.8. The topological polar surface area (TPSA) is 59.3 Å². The van der Waals surface area contributed by atoms with Crippen LogP contribution < -0.4 is 9.47 Å². The van der Waals surface area contributed by atoms with Crippen molar-refractivity contribution < 1.29 is 18.7 Å². The summed E-state index contributed by atoms with van der Waals surface area (Å²) in [7, 11) is 1.34. The summed E-state index contributed by atoms with van der Waals surface area (Å²) in [5.74, 6) is -0.678. The van der Waals surface area contributed by atoms with Crippen LogP contribution in [0.3, 0.4) is 0 Å². The molecule has 0 fully saturated rings. The Bertz CT molecular complexity index is 756. The zero-order valence-corrected chi connectivity index (χ0v) is 12.4. The molecular weight excluding hydrogens is 309 g/mol. The van der Waals surface area contributed by atoms with Crippen LogP contribution in [0, 0.1) is 17.1 Å².